The van der Waals surface area contributed by atoms with E-state index in [0.29, 0.717) is 6.54 Å². The summed E-state index contributed by atoms with van der Waals surface area (Å²) in [5.74, 6) is 1.27. The van der Waals surface area contributed by atoms with Crippen LogP contribution in [0.25, 0.3) is 11.0 Å². The van der Waals surface area contributed by atoms with E-state index in [-0.39, 0.29) is 12.5 Å². The number of amides is 1. The number of aryl methyl sites for hydroxylation is 1. The molecule has 3 rings (SSSR count). The van der Waals surface area contributed by atoms with Crippen LogP contribution >= 0.6 is 0 Å². The highest BCUT2D eigenvalue weighted by Crippen LogP contribution is 2.15. The van der Waals surface area contributed by atoms with E-state index < -0.39 is 0 Å². The Bertz CT molecular complexity index is 762. The summed E-state index contributed by atoms with van der Waals surface area (Å²) in [7, 11) is 0. The van der Waals surface area contributed by atoms with E-state index in [4.69, 9.17) is 4.74 Å². The van der Waals surface area contributed by atoms with Gasteiger partial charge in [0.15, 0.2) is 6.61 Å². The predicted molar refractivity (Wildman–Crippen MR) is 84.6 cm³/mol. The number of aromatic nitrogens is 2. The molecule has 1 aromatic heterocycles. The summed E-state index contributed by atoms with van der Waals surface area (Å²) in [5.41, 5.74) is 2.86. The van der Waals surface area contributed by atoms with E-state index in [0.717, 1.165) is 28.2 Å². The van der Waals surface area contributed by atoms with Crippen LogP contribution in [0.3, 0.4) is 0 Å². The van der Waals surface area contributed by atoms with Crippen molar-refractivity contribution in [1.82, 2.24) is 15.3 Å². The van der Waals surface area contributed by atoms with Gasteiger partial charge in [-0.05, 0) is 30.7 Å². The van der Waals surface area contributed by atoms with Crippen molar-refractivity contribution >= 4 is 16.9 Å². The molecule has 0 spiro atoms. The van der Waals surface area contributed by atoms with Gasteiger partial charge in [0.2, 0.25) is 0 Å². The highest BCUT2D eigenvalue weighted by Gasteiger charge is 2.06. The molecule has 0 aliphatic rings. The number of benzene rings is 2. The largest absolute Gasteiger partial charge is 0.484 e. The second kappa shape index (κ2) is 6.30. The number of H-pyrrole nitrogens is 1. The molecule has 22 heavy (non-hydrogen) atoms. The molecule has 0 saturated carbocycles. The summed E-state index contributed by atoms with van der Waals surface area (Å²) < 4.78 is 5.50. The number of para-hydroxylation sites is 3. The van der Waals surface area contributed by atoms with Crippen LogP contribution in [0, 0.1) is 6.92 Å². The fourth-order valence-corrected chi connectivity index (χ4v) is 2.18. The summed E-state index contributed by atoms with van der Waals surface area (Å²) in [6.45, 7) is 2.29. The molecule has 0 unspecified atom stereocenters. The number of fused-ring (bicyclic) bond motifs is 1. The summed E-state index contributed by atoms with van der Waals surface area (Å²) >= 11 is 0. The molecule has 3 aromatic rings. The third kappa shape index (κ3) is 3.25. The molecule has 0 saturated heterocycles. The fraction of sp³-hybridized carbons (Fsp3) is 0.176. The van der Waals surface area contributed by atoms with Crippen LogP contribution in [0.2, 0.25) is 0 Å². The van der Waals surface area contributed by atoms with Crippen LogP contribution in [-0.4, -0.2) is 22.5 Å². The Morgan fingerprint density at radius 2 is 1.95 bits per heavy atom. The molecule has 0 fully saturated rings. The maximum absolute atomic E-state index is 11.8. The van der Waals surface area contributed by atoms with Crippen LogP contribution in [-0.2, 0) is 11.3 Å². The van der Waals surface area contributed by atoms with Crippen molar-refractivity contribution in [2.24, 2.45) is 0 Å². The number of hydrogen-bond acceptors (Lipinski definition) is 3. The first-order chi connectivity index (χ1) is 10.7. The van der Waals surface area contributed by atoms with E-state index in [1.807, 2.05) is 55.5 Å². The number of nitrogens with zero attached hydrogens (tertiary/aromatic N) is 1. The zero-order chi connectivity index (χ0) is 15.4. The number of carbonyl (C=O) groups excluding carboxylic acids is 1. The molecular weight excluding hydrogens is 278 g/mol. The first kappa shape index (κ1) is 14.1. The maximum atomic E-state index is 11.8. The second-order valence-corrected chi connectivity index (χ2v) is 5.03. The fourth-order valence-electron chi connectivity index (χ4n) is 2.18. The first-order valence-corrected chi connectivity index (χ1v) is 7.11. The first-order valence-electron chi connectivity index (χ1n) is 7.11. The Morgan fingerprint density at radius 3 is 2.77 bits per heavy atom. The molecule has 0 radical (unpaired) electrons. The van der Waals surface area contributed by atoms with E-state index in [1.54, 1.807) is 0 Å². The molecule has 0 aliphatic heterocycles. The van der Waals surface area contributed by atoms with Crippen molar-refractivity contribution < 1.29 is 9.53 Å². The lowest BCUT2D eigenvalue weighted by Gasteiger charge is -2.08. The van der Waals surface area contributed by atoms with Gasteiger partial charge in [-0.25, -0.2) is 4.98 Å². The molecule has 2 N–H and O–H groups in total. The molecule has 0 aliphatic carbocycles. The van der Waals surface area contributed by atoms with E-state index in [2.05, 4.69) is 15.3 Å². The van der Waals surface area contributed by atoms with Gasteiger partial charge >= 0.3 is 0 Å². The van der Waals surface area contributed by atoms with Gasteiger partial charge in [-0.2, -0.15) is 0 Å². The second-order valence-electron chi connectivity index (χ2n) is 5.03. The Kier molecular flexibility index (Phi) is 4.05. The SMILES string of the molecule is Cc1ccccc1OCC(=O)NCc1nc2ccccc2[nH]1. The summed E-state index contributed by atoms with van der Waals surface area (Å²) in [5, 5.41) is 2.79. The Hall–Kier alpha value is -2.82. The maximum Gasteiger partial charge on any atom is 0.258 e. The highest BCUT2D eigenvalue weighted by atomic mass is 16.5. The van der Waals surface area contributed by atoms with Crippen LogP contribution in [0.5, 0.6) is 5.75 Å². The number of carbonyl (C=O) groups is 1. The van der Waals surface area contributed by atoms with Gasteiger partial charge in [-0.15, -0.1) is 0 Å². The average molecular weight is 295 g/mol. The zero-order valence-electron chi connectivity index (χ0n) is 12.3. The van der Waals surface area contributed by atoms with Crippen molar-refractivity contribution in [3.63, 3.8) is 0 Å². The number of rotatable bonds is 5. The van der Waals surface area contributed by atoms with Crippen molar-refractivity contribution in [2.75, 3.05) is 6.61 Å². The topological polar surface area (TPSA) is 67.0 Å². The highest BCUT2D eigenvalue weighted by molar-refractivity contribution is 5.78. The van der Waals surface area contributed by atoms with E-state index in [9.17, 15) is 4.79 Å². The third-order valence-corrected chi connectivity index (χ3v) is 3.34. The van der Waals surface area contributed by atoms with Gasteiger partial charge in [0.25, 0.3) is 5.91 Å². The molecule has 5 heteroatoms. The van der Waals surface area contributed by atoms with Crippen molar-refractivity contribution in [2.45, 2.75) is 13.5 Å². The van der Waals surface area contributed by atoms with Crippen LogP contribution in [0.4, 0.5) is 0 Å². The smallest absolute Gasteiger partial charge is 0.258 e. The number of ether oxygens (including phenoxy) is 1. The molecule has 1 heterocycles. The quantitative estimate of drug-likeness (QED) is 0.760. The molecule has 112 valence electrons. The number of aromatic amines is 1. The molecule has 0 bridgehead atoms. The van der Waals surface area contributed by atoms with Crippen LogP contribution < -0.4 is 10.1 Å². The van der Waals surface area contributed by atoms with Gasteiger partial charge < -0.3 is 15.0 Å². The van der Waals surface area contributed by atoms with Gasteiger partial charge in [0.1, 0.15) is 11.6 Å². The monoisotopic (exact) mass is 295 g/mol. The normalized spacial score (nSPS) is 10.6. The van der Waals surface area contributed by atoms with E-state index >= 15 is 0 Å². The third-order valence-electron chi connectivity index (χ3n) is 3.34. The summed E-state index contributed by atoms with van der Waals surface area (Å²) in [6.07, 6.45) is 0. The lowest BCUT2D eigenvalue weighted by Crippen LogP contribution is -2.28. The van der Waals surface area contributed by atoms with Crippen molar-refractivity contribution in [3.8, 4) is 5.75 Å². The van der Waals surface area contributed by atoms with Gasteiger partial charge in [0, 0.05) is 0 Å². The van der Waals surface area contributed by atoms with Crippen LogP contribution in [0.15, 0.2) is 48.5 Å². The molecular formula is C17H17N3O2. The number of imidazole rings is 1. The van der Waals surface area contributed by atoms with Gasteiger partial charge in [-0.1, -0.05) is 30.3 Å². The zero-order valence-corrected chi connectivity index (χ0v) is 12.3. The lowest BCUT2D eigenvalue weighted by atomic mass is 10.2. The Balaban J connectivity index is 1.53. The minimum Gasteiger partial charge on any atom is -0.484 e. The number of hydrogen-bond donors (Lipinski definition) is 2. The molecule has 1 amide bonds. The van der Waals surface area contributed by atoms with Gasteiger partial charge in [0.05, 0.1) is 17.6 Å². The average Bonchev–Trinajstić information content (AvgIpc) is 2.95. The predicted octanol–water partition coefficient (Wildman–Crippen LogP) is 2.57. The summed E-state index contributed by atoms with van der Waals surface area (Å²) in [6, 6.07) is 15.4. The molecule has 5 nitrogen and oxygen atoms in total. The molecule has 2 aromatic carbocycles. The Morgan fingerprint density at radius 1 is 1.18 bits per heavy atom. The van der Waals surface area contributed by atoms with E-state index in [1.165, 1.54) is 0 Å². The number of nitrogens with one attached hydrogen (secondary N) is 2. The van der Waals surface area contributed by atoms with Crippen LogP contribution in [0.1, 0.15) is 11.4 Å². The van der Waals surface area contributed by atoms with Crippen molar-refractivity contribution in [1.29, 1.82) is 0 Å². The molecule has 0 atom stereocenters. The van der Waals surface area contributed by atoms with Gasteiger partial charge in [-0.3, -0.25) is 4.79 Å². The minimum absolute atomic E-state index is 0.00885. The Labute approximate surface area is 128 Å². The summed E-state index contributed by atoms with van der Waals surface area (Å²) in [4.78, 5) is 19.4. The van der Waals surface area contributed by atoms with Crippen molar-refractivity contribution in [3.05, 3.63) is 59.9 Å². The minimum atomic E-state index is -0.177. The standard InChI is InChI=1S/C17H17N3O2/c1-12-6-2-5-9-15(12)22-11-17(21)18-10-16-19-13-7-3-4-8-14(13)20-16/h2-9H,10-11H2,1H3,(H,18,21)(H,19,20). The lowest BCUT2D eigenvalue weighted by molar-refractivity contribution is -0.123.